The highest BCUT2D eigenvalue weighted by molar-refractivity contribution is 5.67. The SMILES string of the molecule is O=C(O)COCc1nc(-c2ccccc2F)no1. The number of rotatable bonds is 5. The van der Waals surface area contributed by atoms with Crippen LogP contribution in [0.4, 0.5) is 4.39 Å². The highest BCUT2D eigenvalue weighted by atomic mass is 19.1. The van der Waals surface area contributed by atoms with E-state index >= 15 is 0 Å². The van der Waals surface area contributed by atoms with Crippen molar-refractivity contribution in [2.45, 2.75) is 6.61 Å². The van der Waals surface area contributed by atoms with Crippen molar-refractivity contribution >= 4 is 5.97 Å². The van der Waals surface area contributed by atoms with E-state index in [-0.39, 0.29) is 23.9 Å². The maximum atomic E-state index is 13.4. The molecule has 0 unspecified atom stereocenters. The molecular formula is C11H9FN2O4. The largest absolute Gasteiger partial charge is 0.480 e. The summed E-state index contributed by atoms with van der Waals surface area (Å²) in [5.74, 6) is -1.36. The van der Waals surface area contributed by atoms with Crippen molar-refractivity contribution < 1.29 is 23.6 Å². The number of halogens is 1. The van der Waals surface area contributed by atoms with Crippen molar-refractivity contribution in [2.24, 2.45) is 0 Å². The number of aromatic nitrogens is 2. The Hall–Kier alpha value is -2.28. The quantitative estimate of drug-likeness (QED) is 0.867. The Morgan fingerprint density at radius 2 is 2.22 bits per heavy atom. The van der Waals surface area contributed by atoms with E-state index in [1.54, 1.807) is 12.1 Å². The summed E-state index contributed by atoms with van der Waals surface area (Å²) in [5, 5.41) is 12.0. The molecule has 1 heterocycles. The summed E-state index contributed by atoms with van der Waals surface area (Å²) in [5.41, 5.74) is 0.214. The van der Waals surface area contributed by atoms with Gasteiger partial charge in [0.15, 0.2) is 0 Å². The van der Waals surface area contributed by atoms with E-state index in [1.807, 2.05) is 0 Å². The van der Waals surface area contributed by atoms with E-state index in [0.717, 1.165) is 0 Å². The van der Waals surface area contributed by atoms with Gasteiger partial charge in [-0.25, -0.2) is 9.18 Å². The van der Waals surface area contributed by atoms with Gasteiger partial charge in [-0.2, -0.15) is 4.98 Å². The number of hydrogen-bond acceptors (Lipinski definition) is 5. The van der Waals surface area contributed by atoms with Gasteiger partial charge in [-0.1, -0.05) is 17.3 Å². The first-order chi connectivity index (χ1) is 8.66. The molecule has 7 heteroatoms. The summed E-state index contributed by atoms with van der Waals surface area (Å²) in [6.45, 7) is -0.592. The van der Waals surface area contributed by atoms with E-state index in [9.17, 15) is 9.18 Å². The Balaban J connectivity index is 2.06. The molecule has 0 amide bonds. The van der Waals surface area contributed by atoms with Crippen LogP contribution in [0.3, 0.4) is 0 Å². The van der Waals surface area contributed by atoms with Crippen molar-refractivity contribution in [1.29, 1.82) is 0 Å². The van der Waals surface area contributed by atoms with Crippen molar-refractivity contribution in [1.82, 2.24) is 10.1 Å². The van der Waals surface area contributed by atoms with Crippen LogP contribution in [-0.4, -0.2) is 27.8 Å². The van der Waals surface area contributed by atoms with Gasteiger partial charge in [0.2, 0.25) is 5.82 Å². The zero-order chi connectivity index (χ0) is 13.0. The average Bonchev–Trinajstić information content (AvgIpc) is 2.78. The Morgan fingerprint density at radius 3 is 2.94 bits per heavy atom. The van der Waals surface area contributed by atoms with E-state index in [2.05, 4.69) is 10.1 Å². The number of aliphatic carboxylic acids is 1. The summed E-state index contributed by atoms with van der Waals surface area (Å²) in [6.07, 6.45) is 0. The molecule has 1 N–H and O–H groups in total. The summed E-state index contributed by atoms with van der Waals surface area (Å²) in [4.78, 5) is 14.1. The molecule has 6 nitrogen and oxygen atoms in total. The van der Waals surface area contributed by atoms with Crippen LogP contribution in [0.5, 0.6) is 0 Å². The molecule has 0 fully saturated rings. The van der Waals surface area contributed by atoms with Crippen LogP contribution in [0.1, 0.15) is 5.89 Å². The second-order valence-electron chi connectivity index (χ2n) is 3.38. The first-order valence-corrected chi connectivity index (χ1v) is 5.04. The fourth-order valence-electron chi connectivity index (χ4n) is 1.29. The molecule has 0 bridgehead atoms. The van der Waals surface area contributed by atoms with Crippen LogP contribution in [0.15, 0.2) is 28.8 Å². The number of carboxylic acid groups (broad SMARTS) is 1. The van der Waals surface area contributed by atoms with E-state index in [0.29, 0.717) is 0 Å². The highest BCUT2D eigenvalue weighted by Gasteiger charge is 2.12. The molecule has 0 saturated heterocycles. The minimum atomic E-state index is -1.09. The van der Waals surface area contributed by atoms with Crippen molar-refractivity contribution in [3.8, 4) is 11.4 Å². The molecule has 1 aromatic heterocycles. The molecule has 1 aromatic carbocycles. The number of hydrogen-bond donors (Lipinski definition) is 1. The molecule has 0 aliphatic carbocycles. The third-order valence-corrected chi connectivity index (χ3v) is 2.03. The summed E-state index contributed by atoms with van der Waals surface area (Å²) in [6, 6.07) is 6.00. The molecule has 2 aromatic rings. The Labute approximate surface area is 101 Å². The van der Waals surface area contributed by atoms with Gasteiger partial charge in [0.1, 0.15) is 19.0 Å². The molecule has 0 spiro atoms. The summed E-state index contributed by atoms with van der Waals surface area (Å²) >= 11 is 0. The summed E-state index contributed by atoms with van der Waals surface area (Å²) in [7, 11) is 0. The van der Waals surface area contributed by atoms with Crippen molar-refractivity contribution in [3.63, 3.8) is 0 Å². The highest BCUT2D eigenvalue weighted by Crippen LogP contribution is 2.19. The standard InChI is InChI=1S/C11H9FN2O4/c12-8-4-2-1-3-7(8)11-13-9(18-14-11)5-17-6-10(15)16/h1-4H,5-6H2,(H,15,16). The number of benzene rings is 1. The molecule has 94 valence electrons. The van der Waals surface area contributed by atoms with Crippen LogP contribution in [0.25, 0.3) is 11.4 Å². The number of carboxylic acids is 1. The van der Waals surface area contributed by atoms with E-state index in [4.69, 9.17) is 14.4 Å². The third kappa shape index (κ3) is 2.89. The van der Waals surface area contributed by atoms with E-state index < -0.39 is 18.4 Å². The molecule has 18 heavy (non-hydrogen) atoms. The minimum Gasteiger partial charge on any atom is -0.480 e. The molecular weight excluding hydrogens is 243 g/mol. The lowest BCUT2D eigenvalue weighted by Gasteiger charge is -1.95. The second-order valence-corrected chi connectivity index (χ2v) is 3.38. The van der Waals surface area contributed by atoms with Gasteiger partial charge in [-0.3, -0.25) is 0 Å². The first-order valence-electron chi connectivity index (χ1n) is 5.04. The van der Waals surface area contributed by atoms with Gasteiger partial charge in [-0.05, 0) is 12.1 Å². The lowest BCUT2D eigenvalue weighted by molar-refractivity contribution is -0.142. The summed E-state index contributed by atoms with van der Waals surface area (Å²) < 4.78 is 23.0. The van der Waals surface area contributed by atoms with Gasteiger partial charge < -0.3 is 14.4 Å². The Kier molecular flexibility index (Phi) is 3.63. The molecule has 0 radical (unpaired) electrons. The monoisotopic (exact) mass is 252 g/mol. The normalized spacial score (nSPS) is 10.5. The maximum absolute atomic E-state index is 13.4. The fraction of sp³-hybridized carbons (Fsp3) is 0.182. The van der Waals surface area contributed by atoms with E-state index in [1.165, 1.54) is 12.1 Å². The van der Waals surface area contributed by atoms with Gasteiger partial charge in [0.25, 0.3) is 5.89 Å². The smallest absolute Gasteiger partial charge is 0.329 e. The van der Waals surface area contributed by atoms with Crippen LogP contribution in [-0.2, 0) is 16.1 Å². The maximum Gasteiger partial charge on any atom is 0.329 e. The molecule has 0 saturated carbocycles. The lowest BCUT2D eigenvalue weighted by atomic mass is 10.2. The first kappa shape index (κ1) is 12.2. The van der Waals surface area contributed by atoms with Crippen LogP contribution in [0.2, 0.25) is 0 Å². The minimum absolute atomic E-state index is 0.0921. The van der Waals surface area contributed by atoms with Crippen LogP contribution >= 0.6 is 0 Å². The fourth-order valence-corrected chi connectivity index (χ4v) is 1.29. The van der Waals surface area contributed by atoms with Gasteiger partial charge in [0.05, 0.1) is 5.56 Å². The number of nitrogens with zero attached hydrogens (tertiary/aromatic N) is 2. The molecule has 0 aliphatic rings. The second kappa shape index (κ2) is 5.37. The van der Waals surface area contributed by atoms with Gasteiger partial charge >= 0.3 is 5.97 Å². The number of carbonyl (C=O) groups is 1. The molecule has 0 atom stereocenters. The average molecular weight is 252 g/mol. The lowest BCUT2D eigenvalue weighted by Crippen LogP contribution is -2.06. The van der Waals surface area contributed by atoms with Crippen molar-refractivity contribution in [2.75, 3.05) is 6.61 Å². The third-order valence-electron chi connectivity index (χ3n) is 2.03. The predicted octanol–water partition coefficient (Wildman–Crippen LogP) is 1.48. The van der Waals surface area contributed by atoms with Gasteiger partial charge in [-0.15, -0.1) is 0 Å². The van der Waals surface area contributed by atoms with Gasteiger partial charge in [0, 0.05) is 0 Å². The van der Waals surface area contributed by atoms with Crippen LogP contribution in [0, 0.1) is 5.82 Å². The van der Waals surface area contributed by atoms with Crippen LogP contribution < -0.4 is 0 Å². The van der Waals surface area contributed by atoms with Crippen molar-refractivity contribution in [3.05, 3.63) is 36.0 Å². The number of ether oxygens (including phenoxy) is 1. The zero-order valence-electron chi connectivity index (χ0n) is 9.17. The molecule has 0 aliphatic heterocycles. The predicted molar refractivity (Wildman–Crippen MR) is 57.0 cm³/mol. The zero-order valence-corrected chi connectivity index (χ0v) is 9.17. The Morgan fingerprint density at radius 1 is 1.44 bits per heavy atom. The topological polar surface area (TPSA) is 85.5 Å². The molecule has 2 rings (SSSR count). The Bertz CT molecular complexity index is 555.